The van der Waals surface area contributed by atoms with Crippen molar-refractivity contribution in [1.82, 2.24) is 0 Å². The van der Waals surface area contributed by atoms with E-state index in [1.807, 2.05) is 6.92 Å². The highest BCUT2D eigenvalue weighted by atomic mass is 16.1. The van der Waals surface area contributed by atoms with E-state index in [1.54, 1.807) is 0 Å². The van der Waals surface area contributed by atoms with Crippen molar-refractivity contribution >= 4 is 6.29 Å². The number of aldehydes is 1. The number of carbonyl (C=O) groups excluding carboxylic acids is 1. The van der Waals surface area contributed by atoms with E-state index in [2.05, 4.69) is 13.8 Å². The van der Waals surface area contributed by atoms with Crippen molar-refractivity contribution < 1.29 is 4.79 Å². The second-order valence-electron chi connectivity index (χ2n) is 2.31. The topological polar surface area (TPSA) is 17.1 Å². The summed E-state index contributed by atoms with van der Waals surface area (Å²) in [6.45, 7) is 6.40. The highest BCUT2D eigenvalue weighted by Crippen LogP contribution is 1.88. The first-order valence-electron chi connectivity index (χ1n) is 4.27. The monoisotopic (exact) mass is 256 g/mol. The molecule has 0 unspecified atom stereocenters. The molecule has 17 heavy (non-hydrogen) atoms. The molecule has 0 saturated carbocycles. The van der Waals surface area contributed by atoms with Gasteiger partial charge in [0.2, 0.25) is 0 Å². The molecule has 0 aromatic rings. The average molecular weight is 257 g/mol. The summed E-state index contributed by atoms with van der Waals surface area (Å²) in [7, 11) is 0. The minimum Gasteiger partial charge on any atom is -0.303 e. The Morgan fingerprint density at radius 3 is 0.941 bits per heavy atom. The van der Waals surface area contributed by atoms with Gasteiger partial charge in [-0.1, -0.05) is 92.0 Å². The summed E-state index contributed by atoms with van der Waals surface area (Å²) >= 11 is 0. The molecule has 118 valence electrons. The predicted octanol–water partition coefficient (Wildman–Crippen LogP) is 7.63. The molecule has 0 amide bonds. The Balaban J connectivity index is -0.00000000762. The van der Waals surface area contributed by atoms with Gasteiger partial charge in [0, 0.05) is 6.42 Å². The van der Waals surface area contributed by atoms with Crippen LogP contribution in [0.1, 0.15) is 105 Å². The van der Waals surface area contributed by atoms with Crippen LogP contribution in [0.4, 0.5) is 0 Å². The van der Waals surface area contributed by atoms with Gasteiger partial charge in [-0.15, -0.1) is 0 Å². The van der Waals surface area contributed by atoms with E-state index >= 15 is 0 Å². The van der Waals surface area contributed by atoms with E-state index in [0.717, 1.165) is 12.7 Å². The van der Waals surface area contributed by atoms with Gasteiger partial charge in [0.05, 0.1) is 0 Å². The van der Waals surface area contributed by atoms with Crippen molar-refractivity contribution in [3.05, 3.63) is 0 Å². The molecule has 0 saturated heterocycles. The van der Waals surface area contributed by atoms with E-state index in [-0.39, 0.29) is 52.0 Å². The van der Waals surface area contributed by atoms with Gasteiger partial charge in [0.25, 0.3) is 0 Å². The fourth-order valence-electron chi connectivity index (χ4n) is 0.471. The Kier molecular flexibility index (Phi) is 429. The summed E-state index contributed by atoms with van der Waals surface area (Å²) in [6.07, 6.45) is 6.69. The second kappa shape index (κ2) is 105. The zero-order chi connectivity index (χ0) is 8.24. The molecule has 0 N–H and O–H groups in total. The summed E-state index contributed by atoms with van der Waals surface area (Å²) in [5, 5.41) is 0. The maximum atomic E-state index is 9.40. The van der Waals surface area contributed by atoms with Gasteiger partial charge in [0.15, 0.2) is 0 Å². The Morgan fingerprint density at radius 2 is 0.941 bits per heavy atom. The molecule has 0 atom stereocenters. The molecule has 0 aliphatic carbocycles. The molecule has 0 spiro atoms. The lowest BCUT2D eigenvalue weighted by molar-refractivity contribution is -0.107. The Bertz CT molecular complexity index is 49.5. The summed E-state index contributed by atoms with van der Waals surface area (Å²) in [4.78, 5) is 9.40. The molecular formula is C16H48O. The second-order valence-corrected chi connectivity index (χ2v) is 2.31. The van der Waals surface area contributed by atoms with Crippen LogP contribution in [0.25, 0.3) is 0 Å². The molecule has 0 heterocycles. The molecule has 1 heteroatoms. The molecule has 0 aromatic heterocycles. The quantitative estimate of drug-likeness (QED) is 0.472. The summed E-state index contributed by atoms with van der Waals surface area (Å²) in [6, 6.07) is 0. The minimum atomic E-state index is 0. The molecule has 1 nitrogen and oxygen atoms in total. The summed E-state index contributed by atoms with van der Waals surface area (Å²) in [5.41, 5.74) is 0. The van der Waals surface area contributed by atoms with Crippen LogP contribution in [0.15, 0.2) is 0 Å². The van der Waals surface area contributed by atoms with E-state index in [0.29, 0.717) is 6.42 Å². The van der Waals surface area contributed by atoms with Crippen LogP contribution in [-0.2, 0) is 4.79 Å². The summed E-state index contributed by atoms with van der Waals surface area (Å²) < 4.78 is 0. The SMILES string of the molecule is C.C.C.C.C.C.C.CCCC=O.CCCCC. The molecule has 0 aliphatic rings. The van der Waals surface area contributed by atoms with Crippen molar-refractivity contribution in [2.45, 2.75) is 105 Å². The smallest absolute Gasteiger partial charge is 0.119 e. The first kappa shape index (κ1) is 69.6. The first-order chi connectivity index (χ1) is 4.83. The van der Waals surface area contributed by atoms with Crippen molar-refractivity contribution in [2.24, 2.45) is 0 Å². The molecule has 0 radical (unpaired) electrons. The van der Waals surface area contributed by atoms with Crippen LogP contribution in [0.3, 0.4) is 0 Å². The number of carbonyl (C=O) groups is 1. The highest BCUT2D eigenvalue weighted by molar-refractivity contribution is 5.48. The first-order valence-corrected chi connectivity index (χ1v) is 4.27. The zero-order valence-corrected chi connectivity index (χ0v) is 7.52. The van der Waals surface area contributed by atoms with Crippen LogP contribution < -0.4 is 0 Å². The van der Waals surface area contributed by atoms with Crippen LogP contribution in [0.2, 0.25) is 0 Å². The molecule has 0 aliphatic heterocycles. The lowest BCUT2D eigenvalue weighted by Crippen LogP contribution is -1.64. The van der Waals surface area contributed by atoms with E-state index < -0.39 is 0 Å². The van der Waals surface area contributed by atoms with Crippen molar-refractivity contribution in [2.75, 3.05) is 0 Å². The summed E-state index contributed by atoms with van der Waals surface area (Å²) in [5.74, 6) is 0. The third-order valence-electron chi connectivity index (χ3n) is 1.11. The van der Waals surface area contributed by atoms with Gasteiger partial charge < -0.3 is 4.79 Å². The third kappa shape index (κ3) is 217. The van der Waals surface area contributed by atoms with Gasteiger partial charge in [-0.2, -0.15) is 0 Å². The van der Waals surface area contributed by atoms with Crippen LogP contribution in [0, 0.1) is 0 Å². The number of rotatable bonds is 4. The Labute approximate surface area is 116 Å². The van der Waals surface area contributed by atoms with E-state index in [4.69, 9.17) is 0 Å². The fraction of sp³-hybridized carbons (Fsp3) is 0.938. The zero-order valence-electron chi connectivity index (χ0n) is 7.52. The van der Waals surface area contributed by atoms with Gasteiger partial charge >= 0.3 is 0 Å². The number of hydrogen-bond donors (Lipinski definition) is 0. The molecule has 0 rings (SSSR count). The highest BCUT2D eigenvalue weighted by Gasteiger charge is 1.68. The van der Waals surface area contributed by atoms with Gasteiger partial charge in [0.1, 0.15) is 6.29 Å². The van der Waals surface area contributed by atoms with Gasteiger partial charge in [-0.25, -0.2) is 0 Å². The van der Waals surface area contributed by atoms with Crippen molar-refractivity contribution in [1.29, 1.82) is 0 Å². The maximum absolute atomic E-state index is 9.40. The number of unbranched alkanes of at least 4 members (excludes halogenated alkanes) is 3. The van der Waals surface area contributed by atoms with E-state index in [9.17, 15) is 4.79 Å². The largest absolute Gasteiger partial charge is 0.303 e. The Morgan fingerprint density at radius 1 is 0.647 bits per heavy atom. The molecular weight excluding hydrogens is 208 g/mol. The average Bonchev–Trinajstić information content (AvgIpc) is 1.93. The van der Waals surface area contributed by atoms with Gasteiger partial charge in [-0.3, -0.25) is 0 Å². The third-order valence-corrected chi connectivity index (χ3v) is 1.11. The number of hydrogen-bond acceptors (Lipinski definition) is 1. The maximum Gasteiger partial charge on any atom is 0.119 e. The van der Waals surface area contributed by atoms with Gasteiger partial charge in [-0.05, 0) is 6.42 Å². The molecule has 0 aromatic carbocycles. The lowest BCUT2D eigenvalue weighted by Gasteiger charge is -1.79. The minimum absolute atomic E-state index is 0. The van der Waals surface area contributed by atoms with Crippen molar-refractivity contribution in [3.8, 4) is 0 Å². The van der Waals surface area contributed by atoms with E-state index in [1.165, 1.54) is 19.3 Å². The molecule has 0 bridgehead atoms. The lowest BCUT2D eigenvalue weighted by atomic mass is 10.3. The van der Waals surface area contributed by atoms with Crippen LogP contribution in [0.5, 0.6) is 0 Å². The van der Waals surface area contributed by atoms with Crippen molar-refractivity contribution in [3.63, 3.8) is 0 Å². The predicted molar refractivity (Wildman–Crippen MR) is 93.3 cm³/mol. The normalized spacial score (nSPS) is 4.65. The Hall–Kier alpha value is -0.330. The molecule has 0 fully saturated rings. The van der Waals surface area contributed by atoms with Crippen LogP contribution in [-0.4, -0.2) is 6.29 Å². The standard InChI is InChI=1S/C5H12.C4H8O.7CH4/c1-3-5-4-2;1-2-3-4-5;;;;;;;/h3-5H2,1-2H3;4H,2-3H2,1H3;7*1H4. The van der Waals surface area contributed by atoms with Crippen LogP contribution >= 0.6 is 0 Å². The fourth-order valence-corrected chi connectivity index (χ4v) is 0.471.